The minimum absolute atomic E-state index is 0. The van der Waals surface area contributed by atoms with Crippen LogP contribution in [0.2, 0.25) is 0 Å². The zero-order chi connectivity index (χ0) is 18.7. The highest BCUT2D eigenvalue weighted by Gasteiger charge is 2.20. The lowest BCUT2D eigenvalue weighted by atomic mass is 9.92. The Labute approximate surface area is 165 Å². The van der Waals surface area contributed by atoms with E-state index in [4.69, 9.17) is 9.84 Å². The lowest BCUT2D eigenvalue weighted by Gasteiger charge is -2.33. The van der Waals surface area contributed by atoms with Crippen LogP contribution in [0.15, 0.2) is 48.5 Å². The van der Waals surface area contributed by atoms with Gasteiger partial charge in [0.15, 0.2) is 0 Å². The molecule has 0 atom stereocenters. The van der Waals surface area contributed by atoms with Crippen LogP contribution in [0.5, 0.6) is 5.75 Å². The number of carbonyl (C=O) groups is 1. The van der Waals surface area contributed by atoms with Gasteiger partial charge in [-0.1, -0.05) is 36.4 Å². The van der Waals surface area contributed by atoms with E-state index in [9.17, 15) is 10.0 Å². The Kier molecular flexibility index (Phi) is 6.65. The van der Waals surface area contributed by atoms with Crippen molar-refractivity contribution in [2.75, 3.05) is 20.6 Å². The number of aliphatic carboxylic acids is 1. The summed E-state index contributed by atoms with van der Waals surface area (Å²) in [5.41, 5.74) is 4.74. The first-order valence-electron chi connectivity index (χ1n) is 8.64. The van der Waals surface area contributed by atoms with Crippen LogP contribution in [-0.2, 0) is 17.8 Å². The number of hydrogen-bond donors (Lipinski definition) is 1. The van der Waals surface area contributed by atoms with Crippen molar-refractivity contribution in [3.8, 4) is 5.75 Å². The molecular formula is C21H24ClNO4. The molecule has 1 N–H and O–H groups in total. The summed E-state index contributed by atoms with van der Waals surface area (Å²) >= 11 is 0. The second-order valence-electron chi connectivity index (χ2n) is 7.05. The van der Waals surface area contributed by atoms with Crippen LogP contribution in [0.3, 0.4) is 0 Å². The zero-order valence-corrected chi connectivity index (χ0v) is 16.3. The van der Waals surface area contributed by atoms with E-state index in [1.165, 1.54) is 0 Å². The topological polar surface area (TPSA) is 69.6 Å². The highest BCUT2D eigenvalue weighted by molar-refractivity contribution is 5.86. The third-order valence-electron chi connectivity index (χ3n) is 4.40. The number of hydrogen-bond acceptors (Lipinski definition) is 3. The molecule has 0 amide bonds. The molecular weight excluding hydrogens is 366 g/mol. The third-order valence-corrected chi connectivity index (χ3v) is 4.40. The van der Waals surface area contributed by atoms with E-state index in [1.807, 2.05) is 36.4 Å². The fraction of sp³-hybridized carbons (Fsp3) is 0.286. The predicted molar refractivity (Wildman–Crippen MR) is 108 cm³/mol. The van der Waals surface area contributed by atoms with Gasteiger partial charge in [-0.05, 0) is 34.4 Å². The molecule has 0 aromatic heterocycles. The maximum absolute atomic E-state index is 11.9. The fourth-order valence-electron chi connectivity index (χ4n) is 3.15. The molecule has 0 unspecified atom stereocenters. The Bertz CT molecular complexity index is 856. The molecule has 0 spiro atoms. The smallest absolute Gasteiger partial charge is 0.307 e. The number of ether oxygens (including phenoxy) is 1. The van der Waals surface area contributed by atoms with Crippen LogP contribution >= 0.6 is 12.4 Å². The quantitative estimate of drug-likeness (QED) is 0.619. The molecule has 0 bridgehead atoms. The Balaban J connectivity index is 0.00000261. The summed E-state index contributed by atoms with van der Waals surface area (Å²) in [6.45, 7) is 0.929. The normalized spacial score (nSPS) is 14.4. The molecule has 3 rings (SSSR count). The van der Waals surface area contributed by atoms with E-state index >= 15 is 0 Å². The van der Waals surface area contributed by atoms with Crippen LogP contribution in [0, 0.1) is 5.21 Å². The van der Waals surface area contributed by atoms with Gasteiger partial charge in [0.1, 0.15) is 12.4 Å². The molecule has 0 saturated carbocycles. The van der Waals surface area contributed by atoms with Crippen molar-refractivity contribution in [3.05, 3.63) is 76.0 Å². The second kappa shape index (κ2) is 8.57. The average Bonchev–Trinajstić information content (AvgIpc) is 2.71. The number of benzene rings is 2. The molecule has 0 radical (unpaired) electrons. The van der Waals surface area contributed by atoms with Crippen LogP contribution in [-0.4, -0.2) is 36.4 Å². The van der Waals surface area contributed by atoms with Crippen LogP contribution < -0.4 is 4.74 Å². The van der Waals surface area contributed by atoms with Crippen LogP contribution in [0.25, 0.3) is 5.57 Å². The van der Waals surface area contributed by atoms with Crippen molar-refractivity contribution in [1.29, 1.82) is 0 Å². The summed E-state index contributed by atoms with van der Waals surface area (Å²) in [4.78, 5) is 11.1. The van der Waals surface area contributed by atoms with E-state index < -0.39 is 5.97 Å². The summed E-state index contributed by atoms with van der Waals surface area (Å²) in [7, 11) is 3.25. The monoisotopic (exact) mass is 389 g/mol. The van der Waals surface area contributed by atoms with E-state index in [1.54, 1.807) is 20.2 Å². The summed E-state index contributed by atoms with van der Waals surface area (Å²) in [6.07, 6.45) is 2.66. The van der Waals surface area contributed by atoms with E-state index in [-0.39, 0.29) is 23.5 Å². The number of nitrogens with zero attached hydrogens (tertiary/aromatic N) is 1. The van der Waals surface area contributed by atoms with Crippen molar-refractivity contribution in [1.82, 2.24) is 0 Å². The molecule has 0 aliphatic carbocycles. The molecule has 2 aromatic carbocycles. The van der Waals surface area contributed by atoms with Gasteiger partial charge in [-0.15, -0.1) is 12.4 Å². The first-order valence-corrected chi connectivity index (χ1v) is 8.64. The van der Waals surface area contributed by atoms with E-state index in [0.29, 0.717) is 19.6 Å². The molecule has 0 fully saturated rings. The van der Waals surface area contributed by atoms with Crippen molar-refractivity contribution in [2.24, 2.45) is 0 Å². The van der Waals surface area contributed by atoms with Crippen LogP contribution in [0.4, 0.5) is 0 Å². The molecule has 6 heteroatoms. The number of hydroxylamine groups is 3. The number of carboxylic acids is 1. The maximum Gasteiger partial charge on any atom is 0.307 e. The largest absolute Gasteiger partial charge is 0.633 e. The summed E-state index contributed by atoms with van der Waals surface area (Å²) in [5.74, 6) is -0.131. The summed E-state index contributed by atoms with van der Waals surface area (Å²) < 4.78 is 5.61. The summed E-state index contributed by atoms with van der Waals surface area (Å²) in [6, 6.07) is 13.5. The van der Waals surface area contributed by atoms with E-state index in [0.717, 1.165) is 33.6 Å². The SMILES string of the molecule is C[N+](C)([O-])CC/C=C1/c2ccccc2COc2ccc(CC(=O)O)cc21.Cl. The maximum atomic E-state index is 11.9. The molecule has 1 aliphatic rings. The minimum atomic E-state index is -0.865. The standard InChI is InChI=1S/C21H23NO4.ClH/c1-22(2,25)11-5-8-18-17-7-4-3-6-16(17)14-26-20-10-9-15(12-19(18)20)13-21(23)24;/h3-4,6-10,12H,5,11,13-14H2,1-2H3,(H,23,24);1H/b18-8-;. The van der Waals surface area contributed by atoms with Crippen molar-refractivity contribution in [2.45, 2.75) is 19.4 Å². The Morgan fingerprint density at radius 2 is 1.96 bits per heavy atom. The van der Waals surface area contributed by atoms with Gasteiger partial charge in [-0.3, -0.25) is 4.79 Å². The number of rotatable bonds is 5. The summed E-state index contributed by atoms with van der Waals surface area (Å²) in [5, 5.41) is 21.0. The Morgan fingerprint density at radius 1 is 1.22 bits per heavy atom. The molecule has 27 heavy (non-hydrogen) atoms. The lowest BCUT2D eigenvalue weighted by Crippen LogP contribution is -2.32. The van der Waals surface area contributed by atoms with Gasteiger partial charge in [0.25, 0.3) is 0 Å². The van der Waals surface area contributed by atoms with Crippen molar-refractivity contribution >= 4 is 23.9 Å². The van der Waals surface area contributed by atoms with Crippen molar-refractivity contribution < 1.29 is 19.3 Å². The average molecular weight is 390 g/mol. The predicted octanol–water partition coefficient (Wildman–Crippen LogP) is 4.02. The van der Waals surface area contributed by atoms with Gasteiger partial charge >= 0.3 is 5.97 Å². The molecule has 5 nitrogen and oxygen atoms in total. The zero-order valence-electron chi connectivity index (χ0n) is 15.5. The minimum Gasteiger partial charge on any atom is -0.633 e. The molecule has 1 heterocycles. The second-order valence-corrected chi connectivity index (χ2v) is 7.05. The fourth-order valence-corrected chi connectivity index (χ4v) is 3.15. The molecule has 144 valence electrons. The van der Waals surface area contributed by atoms with Crippen LogP contribution in [0.1, 0.15) is 28.7 Å². The number of carboxylic acid groups (broad SMARTS) is 1. The highest BCUT2D eigenvalue weighted by Crippen LogP contribution is 2.37. The van der Waals surface area contributed by atoms with E-state index in [2.05, 4.69) is 6.08 Å². The Morgan fingerprint density at radius 3 is 2.67 bits per heavy atom. The van der Waals surface area contributed by atoms with Gasteiger partial charge in [-0.25, -0.2) is 0 Å². The number of fused-ring (bicyclic) bond motifs is 2. The highest BCUT2D eigenvalue weighted by atomic mass is 35.5. The first-order chi connectivity index (χ1) is 12.3. The number of halogens is 1. The van der Waals surface area contributed by atoms with Gasteiger partial charge < -0.3 is 19.7 Å². The lowest BCUT2D eigenvalue weighted by molar-refractivity contribution is -0.839. The van der Waals surface area contributed by atoms with Gasteiger partial charge in [0, 0.05) is 12.0 Å². The van der Waals surface area contributed by atoms with Gasteiger partial charge in [0.05, 0.1) is 27.1 Å². The molecule has 1 aliphatic heterocycles. The Hall–Kier alpha value is -2.34. The number of quaternary nitrogens is 1. The first kappa shape index (κ1) is 21.0. The van der Waals surface area contributed by atoms with Crippen molar-refractivity contribution in [3.63, 3.8) is 0 Å². The van der Waals surface area contributed by atoms with Gasteiger partial charge in [-0.2, -0.15) is 0 Å². The molecule has 2 aromatic rings. The van der Waals surface area contributed by atoms with Gasteiger partial charge in [0.2, 0.25) is 0 Å². The molecule has 0 saturated heterocycles. The third kappa shape index (κ3) is 5.32.